The van der Waals surface area contributed by atoms with Gasteiger partial charge in [0.2, 0.25) is 23.5 Å². The summed E-state index contributed by atoms with van der Waals surface area (Å²) in [6.45, 7) is 0.148. The lowest BCUT2D eigenvalue weighted by Gasteiger charge is -2.10. The molecule has 2 aromatic heterocycles. The van der Waals surface area contributed by atoms with Crippen molar-refractivity contribution < 1.29 is 49.2 Å². The molecule has 12 nitrogen and oxygen atoms in total. The van der Waals surface area contributed by atoms with E-state index in [1.54, 1.807) is 0 Å². The third-order valence-corrected chi connectivity index (χ3v) is 7.77. The fourth-order valence-electron chi connectivity index (χ4n) is 6.08. The SMILES string of the molecule is O=C(OCCCCCCOC(=O)On1c(O)c2c(c1O)C1C=CC2C1)On1c(O)c2c(c1O)C1C=CC2C1. The second-order valence-corrected chi connectivity index (χ2v) is 10.00. The monoisotopic (exact) mass is 528 g/mol. The van der Waals surface area contributed by atoms with Gasteiger partial charge in [-0.1, -0.05) is 24.3 Å². The number of unbranched alkanes of at least 4 members (excludes halogenated alkanes) is 3. The van der Waals surface area contributed by atoms with Gasteiger partial charge in [0.25, 0.3) is 0 Å². The van der Waals surface area contributed by atoms with Crippen molar-refractivity contribution in [3.05, 3.63) is 46.6 Å². The molecular formula is C26H28N2O10. The average molecular weight is 529 g/mol. The van der Waals surface area contributed by atoms with Gasteiger partial charge in [-0.2, -0.15) is 0 Å². The van der Waals surface area contributed by atoms with Gasteiger partial charge in [0.05, 0.1) is 13.2 Å². The predicted molar refractivity (Wildman–Crippen MR) is 128 cm³/mol. The Morgan fingerprint density at radius 1 is 0.605 bits per heavy atom. The van der Waals surface area contributed by atoms with Crippen LogP contribution in [-0.2, 0) is 9.47 Å². The van der Waals surface area contributed by atoms with Crippen LogP contribution in [0.4, 0.5) is 9.59 Å². The summed E-state index contributed by atoms with van der Waals surface area (Å²) < 4.78 is 11.5. The van der Waals surface area contributed by atoms with Crippen molar-refractivity contribution in [3.63, 3.8) is 0 Å². The zero-order valence-electron chi connectivity index (χ0n) is 20.4. The number of aromatic nitrogens is 2. The Balaban J connectivity index is 0.865. The smallest absolute Gasteiger partial charge is 0.492 e. The molecule has 4 N–H and O–H groups in total. The van der Waals surface area contributed by atoms with Crippen LogP contribution in [-0.4, -0.2) is 55.4 Å². The van der Waals surface area contributed by atoms with Crippen LogP contribution in [0.3, 0.4) is 0 Å². The van der Waals surface area contributed by atoms with Crippen LogP contribution >= 0.6 is 0 Å². The highest BCUT2D eigenvalue weighted by molar-refractivity contribution is 5.64. The quantitative estimate of drug-likeness (QED) is 0.214. The predicted octanol–water partition coefficient (Wildman–Crippen LogP) is 3.78. The summed E-state index contributed by atoms with van der Waals surface area (Å²) in [5.74, 6) is -1.13. The van der Waals surface area contributed by atoms with Crippen molar-refractivity contribution in [1.82, 2.24) is 9.46 Å². The number of rotatable bonds is 9. The maximum absolute atomic E-state index is 12.0. The van der Waals surface area contributed by atoms with Crippen molar-refractivity contribution in [3.8, 4) is 23.5 Å². The van der Waals surface area contributed by atoms with Gasteiger partial charge >= 0.3 is 12.3 Å². The van der Waals surface area contributed by atoms with Gasteiger partial charge in [0, 0.05) is 45.9 Å². The first-order valence-electron chi connectivity index (χ1n) is 12.7. The van der Waals surface area contributed by atoms with Crippen LogP contribution in [0, 0.1) is 0 Å². The second kappa shape index (κ2) is 9.26. The van der Waals surface area contributed by atoms with E-state index in [4.69, 9.17) is 19.1 Å². The van der Waals surface area contributed by atoms with E-state index in [1.807, 2.05) is 24.3 Å². The Morgan fingerprint density at radius 2 is 0.921 bits per heavy atom. The average Bonchev–Trinajstić information content (AvgIpc) is 3.74. The second-order valence-electron chi connectivity index (χ2n) is 10.00. The molecule has 0 amide bonds. The fraction of sp³-hybridized carbons (Fsp3) is 0.462. The Hall–Kier alpha value is -4.22. The number of fused-ring (bicyclic) bond motifs is 10. The first kappa shape index (κ1) is 24.1. The fourth-order valence-corrected chi connectivity index (χ4v) is 6.08. The highest BCUT2D eigenvalue weighted by Gasteiger charge is 2.43. The van der Waals surface area contributed by atoms with Crippen LogP contribution in [0.2, 0.25) is 0 Å². The third kappa shape index (κ3) is 3.82. The number of nitrogens with zero attached hydrogens (tertiary/aromatic N) is 2. The molecule has 6 rings (SSSR count). The molecule has 202 valence electrons. The van der Waals surface area contributed by atoms with Gasteiger partial charge < -0.3 is 29.9 Å². The van der Waals surface area contributed by atoms with Crippen molar-refractivity contribution in [2.45, 2.75) is 62.2 Å². The summed E-state index contributed by atoms with van der Waals surface area (Å²) in [4.78, 5) is 34.0. The molecule has 4 bridgehead atoms. The minimum absolute atomic E-state index is 0.00844. The largest absolute Gasteiger partial charge is 0.533 e. The van der Waals surface area contributed by atoms with Gasteiger partial charge in [0.1, 0.15) is 0 Å². The molecule has 2 heterocycles. The van der Waals surface area contributed by atoms with E-state index >= 15 is 0 Å². The molecular weight excluding hydrogens is 500 g/mol. The lowest BCUT2D eigenvalue weighted by molar-refractivity contribution is 0.0317. The highest BCUT2D eigenvalue weighted by atomic mass is 16.8. The van der Waals surface area contributed by atoms with E-state index in [9.17, 15) is 30.0 Å². The van der Waals surface area contributed by atoms with Crippen LogP contribution in [0.15, 0.2) is 24.3 Å². The Labute approximate surface area is 216 Å². The maximum Gasteiger partial charge on any atom is 0.533 e. The van der Waals surface area contributed by atoms with Gasteiger partial charge in [-0.05, 0) is 38.5 Å². The molecule has 0 fully saturated rings. The molecule has 4 unspecified atom stereocenters. The molecule has 2 aromatic rings. The van der Waals surface area contributed by atoms with Crippen LogP contribution < -0.4 is 9.68 Å². The number of hydrogen-bond acceptors (Lipinski definition) is 10. The molecule has 0 saturated carbocycles. The zero-order valence-corrected chi connectivity index (χ0v) is 20.4. The number of aromatic hydroxyl groups is 4. The lowest BCUT2D eigenvalue weighted by atomic mass is 10.0. The normalized spacial score (nSPS) is 23.1. The molecule has 4 atom stereocenters. The maximum atomic E-state index is 12.0. The summed E-state index contributed by atoms with van der Waals surface area (Å²) in [5, 5.41) is 41.4. The number of ether oxygens (including phenoxy) is 2. The van der Waals surface area contributed by atoms with Gasteiger partial charge in [-0.25, -0.2) is 9.59 Å². The Morgan fingerprint density at radius 3 is 1.24 bits per heavy atom. The topological polar surface area (TPSA) is 162 Å². The minimum Gasteiger partial charge on any atom is -0.492 e. The number of carbonyl (C=O) groups excluding carboxylic acids is 2. The summed E-state index contributed by atoms with van der Waals surface area (Å²) in [6.07, 6.45) is 9.78. The van der Waals surface area contributed by atoms with Crippen LogP contribution in [0.5, 0.6) is 23.5 Å². The van der Waals surface area contributed by atoms with Gasteiger partial charge in [0.15, 0.2) is 0 Å². The molecule has 0 saturated heterocycles. The van der Waals surface area contributed by atoms with Crippen molar-refractivity contribution in [2.75, 3.05) is 13.2 Å². The van der Waals surface area contributed by atoms with E-state index in [2.05, 4.69) is 0 Å². The number of carbonyl (C=O) groups is 2. The molecule has 0 spiro atoms. The van der Waals surface area contributed by atoms with E-state index in [0.29, 0.717) is 57.4 Å². The molecule has 0 radical (unpaired) electrons. The number of hydrogen-bond donors (Lipinski definition) is 4. The number of allylic oxidation sites excluding steroid dienone is 4. The van der Waals surface area contributed by atoms with E-state index in [-0.39, 0.29) is 60.4 Å². The molecule has 12 heteroatoms. The van der Waals surface area contributed by atoms with Gasteiger partial charge in [-0.3, -0.25) is 9.68 Å². The minimum atomic E-state index is -1.04. The van der Waals surface area contributed by atoms with Crippen molar-refractivity contribution in [2.24, 2.45) is 0 Å². The Bertz CT molecular complexity index is 1180. The van der Waals surface area contributed by atoms with Gasteiger partial charge in [-0.15, -0.1) is 9.46 Å². The third-order valence-electron chi connectivity index (χ3n) is 7.77. The molecule has 38 heavy (non-hydrogen) atoms. The molecule has 0 aliphatic heterocycles. The van der Waals surface area contributed by atoms with E-state index < -0.39 is 12.3 Å². The van der Waals surface area contributed by atoms with E-state index in [1.165, 1.54) is 0 Å². The lowest BCUT2D eigenvalue weighted by Crippen LogP contribution is -2.21. The standard InChI is InChI=1S/C26H28N2O10/c29-21-17-13-5-6-14(11-13)18(17)22(30)27(21)37-25(33)35-9-3-1-2-4-10-36-26(34)38-28-23(31)19-15-7-8-16(12-15)20(19)24(28)32/h5-8,13-16,29-32H,1-4,9-12H2. The van der Waals surface area contributed by atoms with Crippen LogP contribution in [0.25, 0.3) is 0 Å². The van der Waals surface area contributed by atoms with Crippen LogP contribution in [0.1, 0.15) is 84.5 Å². The summed E-state index contributed by atoms with van der Waals surface area (Å²) in [6, 6.07) is 0. The summed E-state index contributed by atoms with van der Waals surface area (Å²) >= 11 is 0. The highest BCUT2D eigenvalue weighted by Crippen LogP contribution is 2.57. The first-order chi connectivity index (χ1) is 18.3. The molecule has 0 aromatic carbocycles. The Kier molecular flexibility index (Phi) is 5.88. The van der Waals surface area contributed by atoms with Crippen molar-refractivity contribution >= 4 is 12.3 Å². The summed E-state index contributed by atoms with van der Waals surface area (Å²) in [7, 11) is 0. The molecule has 4 aliphatic carbocycles. The van der Waals surface area contributed by atoms with Crippen molar-refractivity contribution in [1.29, 1.82) is 0 Å². The molecule has 4 aliphatic rings. The zero-order chi connectivity index (χ0) is 26.6. The van der Waals surface area contributed by atoms with E-state index in [0.717, 1.165) is 12.8 Å². The summed E-state index contributed by atoms with van der Waals surface area (Å²) in [5.41, 5.74) is 2.35. The first-order valence-corrected chi connectivity index (χ1v) is 12.7.